The fraction of sp³-hybridized carbons (Fsp3) is 0.727. The van der Waals surface area contributed by atoms with Crippen LogP contribution in [0.25, 0.3) is 0 Å². The fourth-order valence-electron chi connectivity index (χ4n) is 1.50. The summed E-state index contributed by atoms with van der Waals surface area (Å²) in [7, 11) is 0. The molecule has 1 nitrogen and oxygen atoms in total. The molecule has 0 saturated heterocycles. The van der Waals surface area contributed by atoms with E-state index in [1.807, 2.05) is 6.92 Å². The summed E-state index contributed by atoms with van der Waals surface area (Å²) in [6, 6.07) is 0. The third-order valence-electron chi connectivity index (χ3n) is 2.58. The highest BCUT2D eigenvalue weighted by molar-refractivity contribution is 5.84. The first-order valence-electron chi connectivity index (χ1n) is 4.50. The van der Waals surface area contributed by atoms with Crippen molar-refractivity contribution in [3.63, 3.8) is 0 Å². The van der Waals surface area contributed by atoms with Gasteiger partial charge in [0.1, 0.15) is 5.78 Å². The molecule has 0 radical (unpaired) electrons. The zero-order valence-electron chi connectivity index (χ0n) is 8.11. The van der Waals surface area contributed by atoms with Crippen LogP contribution in [0.3, 0.4) is 0 Å². The highest BCUT2D eigenvalue weighted by Crippen LogP contribution is 2.52. The Morgan fingerprint density at radius 3 is 2.58 bits per heavy atom. The number of hydrogen-bond donors (Lipinski definition) is 0. The largest absolute Gasteiger partial charge is 0.299 e. The molecule has 1 heteroatoms. The topological polar surface area (TPSA) is 17.1 Å². The van der Waals surface area contributed by atoms with Gasteiger partial charge in [-0.05, 0) is 18.8 Å². The quantitative estimate of drug-likeness (QED) is 0.585. The van der Waals surface area contributed by atoms with Crippen LogP contribution in [-0.2, 0) is 4.79 Å². The number of carbonyl (C=O) groups is 1. The summed E-state index contributed by atoms with van der Waals surface area (Å²) >= 11 is 0. The van der Waals surface area contributed by atoms with E-state index in [1.54, 1.807) is 0 Å². The Bertz CT molecular complexity index is 239. The molecule has 0 bridgehead atoms. The second kappa shape index (κ2) is 3.31. The van der Waals surface area contributed by atoms with Crippen molar-refractivity contribution in [2.75, 3.05) is 0 Å². The molecule has 1 atom stereocenters. The monoisotopic (exact) mass is 164 g/mol. The Hall–Kier alpha value is -0.770. The summed E-state index contributed by atoms with van der Waals surface area (Å²) in [6.07, 6.45) is 2.46. The van der Waals surface area contributed by atoms with Crippen molar-refractivity contribution < 1.29 is 4.79 Å². The molecule has 1 aliphatic rings. The molecular formula is C11H16O. The number of rotatable bonds is 3. The zero-order valence-corrected chi connectivity index (χ0v) is 8.11. The van der Waals surface area contributed by atoms with Crippen LogP contribution in [0.15, 0.2) is 0 Å². The first kappa shape index (κ1) is 9.32. The van der Waals surface area contributed by atoms with Gasteiger partial charge in [-0.25, -0.2) is 0 Å². The van der Waals surface area contributed by atoms with E-state index in [4.69, 9.17) is 0 Å². The van der Waals surface area contributed by atoms with Gasteiger partial charge in [-0.2, -0.15) is 0 Å². The molecule has 0 aromatic rings. The number of carbonyl (C=O) groups excluding carboxylic acids is 1. The third kappa shape index (κ3) is 2.11. The minimum Gasteiger partial charge on any atom is -0.299 e. The molecule has 0 N–H and O–H groups in total. The van der Waals surface area contributed by atoms with Gasteiger partial charge < -0.3 is 0 Å². The van der Waals surface area contributed by atoms with Gasteiger partial charge in [-0.15, -0.1) is 11.8 Å². The lowest BCUT2D eigenvalue weighted by atomic mass is 10.0. The average Bonchev–Trinajstić information content (AvgIpc) is 2.60. The maximum absolute atomic E-state index is 11.4. The molecule has 1 aliphatic carbocycles. The lowest BCUT2D eigenvalue weighted by Gasteiger charge is -1.99. The standard InChI is InChI=1S/C11H16O/c1-4-5-6-7-10(12)9-8-11(9,2)3/h9H,6-8H2,1-3H3. The summed E-state index contributed by atoms with van der Waals surface area (Å²) in [5, 5.41) is 0. The summed E-state index contributed by atoms with van der Waals surface area (Å²) in [5.41, 5.74) is 0.288. The minimum absolute atomic E-state index is 0.288. The van der Waals surface area contributed by atoms with Gasteiger partial charge in [0.2, 0.25) is 0 Å². The molecule has 0 heterocycles. The molecule has 1 fully saturated rings. The average molecular weight is 164 g/mol. The van der Waals surface area contributed by atoms with Crippen LogP contribution in [0.1, 0.15) is 40.0 Å². The molecular weight excluding hydrogens is 148 g/mol. The Balaban J connectivity index is 2.26. The molecule has 1 unspecified atom stereocenters. The summed E-state index contributed by atoms with van der Waals surface area (Å²) < 4.78 is 0. The number of Topliss-reactive ketones (excluding diaryl/α,β-unsaturated/α-hetero) is 1. The Morgan fingerprint density at radius 1 is 1.58 bits per heavy atom. The van der Waals surface area contributed by atoms with E-state index in [2.05, 4.69) is 25.7 Å². The normalized spacial score (nSPS) is 24.1. The van der Waals surface area contributed by atoms with Gasteiger partial charge in [0.15, 0.2) is 0 Å². The lowest BCUT2D eigenvalue weighted by Crippen LogP contribution is -2.04. The molecule has 0 spiro atoms. The van der Waals surface area contributed by atoms with Gasteiger partial charge in [0.25, 0.3) is 0 Å². The van der Waals surface area contributed by atoms with Crippen molar-refractivity contribution >= 4 is 5.78 Å². The van der Waals surface area contributed by atoms with Crippen LogP contribution in [0.5, 0.6) is 0 Å². The van der Waals surface area contributed by atoms with Crippen LogP contribution >= 0.6 is 0 Å². The van der Waals surface area contributed by atoms with E-state index in [0.717, 1.165) is 12.8 Å². The predicted octanol–water partition coefficient (Wildman–Crippen LogP) is 2.41. The van der Waals surface area contributed by atoms with E-state index in [1.165, 1.54) is 0 Å². The summed E-state index contributed by atoms with van der Waals surface area (Å²) in [4.78, 5) is 11.4. The highest BCUT2D eigenvalue weighted by atomic mass is 16.1. The molecule has 66 valence electrons. The van der Waals surface area contributed by atoms with Crippen molar-refractivity contribution in [1.29, 1.82) is 0 Å². The van der Waals surface area contributed by atoms with E-state index in [0.29, 0.717) is 18.1 Å². The Morgan fingerprint density at radius 2 is 2.17 bits per heavy atom. The maximum atomic E-state index is 11.4. The minimum atomic E-state index is 0.288. The third-order valence-corrected chi connectivity index (χ3v) is 2.58. The van der Waals surface area contributed by atoms with E-state index < -0.39 is 0 Å². The molecule has 12 heavy (non-hydrogen) atoms. The SMILES string of the molecule is CC#CCCC(=O)C1CC1(C)C. The van der Waals surface area contributed by atoms with Gasteiger partial charge in [0.05, 0.1) is 0 Å². The van der Waals surface area contributed by atoms with Gasteiger partial charge in [-0.3, -0.25) is 4.79 Å². The number of hydrogen-bond acceptors (Lipinski definition) is 1. The molecule has 1 saturated carbocycles. The number of ketones is 1. The van der Waals surface area contributed by atoms with Crippen molar-refractivity contribution in [3.8, 4) is 11.8 Å². The smallest absolute Gasteiger partial charge is 0.137 e. The van der Waals surface area contributed by atoms with Gasteiger partial charge in [-0.1, -0.05) is 13.8 Å². The van der Waals surface area contributed by atoms with Crippen LogP contribution in [-0.4, -0.2) is 5.78 Å². The van der Waals surface area contributed by atoms with Crippen molar-refractivity contribution in [3.05, 3.63) is 0 Å². The van der Waals surface area contributed by atoms with E-state index >= 15 is 0 Å². The maximum Gasteiger partial charge on any atom is 0.137 e. The van der Waals surface area contributed by atoms with Crippen molar-refractivity contribution in [1.82, 2.24) is 0 Å². The molecule has 0 aromatic heterocycles. The first-order valence-corrected chi connectivity index (χ1v) is 4.50. The second-order valence-corrected chi connectivity index (χ2v) is 4.14. The van der Waals surface area contributed by atoms with E-state index in [9.17, 15) is 4.79 Å². The Kier molecular flexibility index (Phi) is 2.57. The van der Waals surface area contributed by atoms with Crippen LogP contribution in [0.4, 0.5) is 0 Å². The first-order chi connectivity index (χ1) is 5.58. The molecule has 1 rings (SSSR count). The molecule has 0 amide bonds. The molecule has 0 aromatic carbocycles. The van der Waals surface area contributed by atoms with Crippen LogP contribution in [0, 0.1) is 23.2 Å². The van der Waals surface area contributed by atoms with Gasteiger partial charge >= 0.3 is 0 Å². The summed E-state index contributed by atoms with van der Waals surface area (Å²) in [6.45, 7) is 6.12. The second-order valence-electron chi connectivity index (χ2n) is 4.14. The van der Waals surface area contributed by atoms with Crippen molar-refractivity contribution in [2.45, 2.75) is 40.0 Å². The Labute approximate surface area is 74.5 Å². The van der Waals surface area contributed by atoms with Crippen molar-refractivity contribution in [2.24, 2.45) is 11.3 Å². The lowest BCUT2D eigenvalue weighted by molar-refractivity contribution is -0.120. The van der Waals surface area contributed by atoms with Crippen LogP contribution < -0.4 is 0 Å². The predicted molar refractivity (Wildman–Crippen MR) is 49.6 cm³/mol. The fourth-order valence-corrected chi connectivity index (χ4v) is 1.50. The molecule has 0 aliphatic heterocycles. The van der Waals surface area contributed by atoms with Gasteiger partial charge in [0, 0.05) is 18.8 Å². The summed E-state index contributed by atoms with van der Waals surface area (Å²) in [5.74, 6) is 6.45. The highest BCUT2D eigenvalue weighted by Gasteiger charge is 2.49. The zero-order chi connectivity index (χ0) is 9.19. The van der Waals surface area contributed by atoms with Crippen LogP contribution in [0.2, 0.25) is 0 Å². The van der Waals surface area contributed by atoms with E-state index in [-0.39, 0.29) is 5.41 Å².